The predicted molar refractivity (Wildman–Crippen MR) is 171 cm³/mol. The molecule has 3 aromatic rings. The Bertz CT molecular complexity index is 1450. The van der Waals surface area contributed by atoms with Crippen LogP contribution in [0.2, 0.25) is 0 Å². The van der Waals surface area contributed by atoms with E-state index in [1.165, 1.54) is 6.07 Å². The standard InChI is InChI=1S/C36H44FN3O4/c1-23-9-6-13-29(37)32(23)35(42)40-19-8-12-28(34(41)39-27-11-7-10-25(21-27)36(2,3)4)33(40)24-14-16-26(17-15-24)38-30-18-20-44-22-31(30)43-5/h6-7,9-11,13-17,21,28,30-31,33,38H,8,12,18-20,22H2,1-5H3,(H,39,41). The zero-order chi connectivity index (χ0) is 31.4. The number of methoxy groups -OCH3 is 1. The summed E-state index contributed by atoms with van der Waals surface area (Å²) >= 11 is 0. The Labute approximate surface area is 260 Å². The molecule has 0 radical (unpaired) electrons. The van der Waals surface area contributed by atoms with E-state index in [-0.39, 0.29) is 29.0 Å². The van der Waals surface area contributed by atoms with Gasteiger partial charge in [-0.1, -0.05) is 57.2 Å². The molecule has 0 aliphatic carbocycles. The molecular formula is C36H44FN3O4. The summed E-state index contributed by atoms with van der Waals surface area (Å²) in [4.78, 5) is 29.7. The molecule has 3 aromatic carbocycles. The van der Waals surface area contributed by atoms with Crippen LogP contribution in [-0.4, -0.2) is 55.7 Å². The van der Waals surface area contributed by atoms with Crippen LogP contribution in [0.1, 0.15) is 73.1 Å². The number of hydrogen-bond donors (Lipinski definition) is 2. The number of nitrogens with zero attached hydrogens (tertiary/aromatic N) is 1. The molecule has 0 aromatic heterocycles. The van der Waals surface area contributed by atoms with Crippen molar-refractivity contribution in [3.63, 3.8) is 0 Å². The fraction of sp³-hybridized carbons (Fsp3) is 0.444. The molecule has 2 aliphatic rings. The van der Waals surface area contributed by atoms with Crippen LogP contribution in [0, 0.1) is 18.7 Å². The molecular weight excluding hydrogens is 557 g/mol. The molecule has 2 N–H and O–H groups in total. The van der Waals surface area contributed by atoms with E-state index in [1.54, 1.807) is 31.1 Å². The minimum absolute atomic E-state index is 0.0521. The predicted octanol–water partition coefficient (Wildman–Crippen LogP) is 6.88. The number of aryl methyl sites for hydroxylation is 1. The van der Waals surface area contributed by atoms with Gasteiger partial charge in [0.25, 0.3) is 5.91 Å². The van der Waals surface area contributed by atoms with E-state index < -0.39 is 23.7 Å². The second kappa shape index (κ2) is 13.5. The lowest BCUT2D eigenvalue weighted by Crippen LogP contribution is -2.46. The minimum Gasteiger partial charge on any atom is -0.380 e. The largest absolute Gasteiger partial charge is 0.380 e. The van der Waals surface area contributed by atoms with Gasteiger partial charge in [-0.25, -0.2) is 4.39 Å². The monoisotopic (exact) mass is 601 g/mol. The highest BCUT2D eigenvalue weighted by atomic mass is 19.1. The second-order valence-corrected chi connectivity index (χ2v) is 13.0. The SMILES string of the molecule is COC1COCCC1Nc1ccc(C2C(C(=O)Nc3cccc(C(C)(C)C)c3)CCCN2C(=O)c2c(C)cccc2F)cc1. The summed E-state index contributed by atoms with van der Waals surface area (Å²) in [5, 5.41) is 6.69. The topological polar surface area (TPSA) is 79.9 Å². The molecule has 2 fully saturated rings. The average molecular weight is 602 g/mol. The van der Waals surface area contributed by atoms with Crippen LogP contribution in [0.3, 0.4) is 0 Å². The molecule has 2 amide bonds. The number of rotatable bonds is 7. The molecule has 0 bridgehead atoms. The fourth-order valence-electron chi connectivity index (χ4n) is 6.35. The van der Waals surface area contributed by atoms with Gasteiger partial charge in [0.15, 0.2) is 0 Å². The first-order valence-corrected chi connectivity index (χ1v) is 15.5. The van der Waals surface area contributed by atoms with E-state index in [1.807, 2.05) is 42.5 Å². The Morgan fingerprint density at radius 1 is 1.00 bits per heavy atom. The fourth-order valence-corrected chi connectivity index (χ4v) is 6.35. The van der Waals surface area contributed by atoms with Gasteiger partial charge in [0.2, 0.25) is 5.91 Å². The van der Waals surface area contributed by atoms with Crippen molar-refractivity contribution in [1.29, 1.82) is 0 Å². The second-order valence-electron chi connectivity index (χ2n) is 13.0. The van der Waals surface area contributed by atoms with Crippen molar-refractivity contribution in [2.45, 2.75) is 70.6 Å². The zero-order valence-corrected chi connectivity index (χ0v) is 26.4. The Morgan fingerprint density at radius 2 is 1.75 bits per heavy atom. The van der Waals surface area contributed by atoms with E-state index in [4.69, 9.17) is 9.47 Å². The summed E-state index contributed by atoms with van der Waals surface area (Å²) in [6.45, 7) is 9.78. The molecule has 7 nitrogen and oxygen atoms in total. The molecule has 8 heteroatoms. The maximum absolute atomic E-state index is 15.0. The third kappa shape index (κ3) is 6.97. The number of halogens is 1. The summed E-state index contributed by atoms with van der Waals surface area (Å²) in [6.07, 6.45) is 2.01. The number of nitrogens with one attached hydrogen (secondary N) is 2. The van der Waals surface area contributed by atoms with Gasteiger partial charge in [0.1, 0.15) is 11.9 Å². The van der Waals surface area contributed by atoms with E-state index in [0.717, 1.165) is 28.9 Å². The summed E-state index contributed by atoms with van der Waals surface area (Å²) in [7, 11) is 1.69. The summed E-state index contributed by atoms with van der Waals surface area (Å²) in [6, 6.07) is 20.0. The minimum atomic E-state index is -0.565. The first-order valence-electron chi connectivity index (χ1n) is 15.5. The van der Waals surface area contributed by atoms with Gasteiger partial charge < -0.3 is 25.0 Å². The highest BCUT2D eigenvalue weighted by Gasteiger charge is 2.40. The van der Waals surface area contributed by atoms with E-state index in [2.05, 4.69) is 37.5 Å². The number of carbonyl (C=O) groups excluding carboxylic acids is 2. The summed E-state index contributed by atoms with van der Waals surface area (Å²) in [5.41, 5.74) is 4.14. The third-order valence-electron chi connectivity index (χ3n) is 8.87. The molecule has 2 heterocycles. The van der Waals surface area contributed by atoms with Crippen LogP contribution in [0.5, 0.6) is 0 Å². The summed E-state index contributed by atoms with van der Waals surface area (Å²) < 4.78 is 26.2. The van der Waals surface area contributed by atoms with Crippen LogP contribution in [0.4, 0.5) is 15.8 Å². The molecule has 4 atom stereocenters. The number of likely N-dealkylation sites (tertiary alicyclic amines) is 1. The van der Waals surface area contributed by atoms with Gasteiger partial charge in [0, 0.05) is 31.6 Å². The van der Waals surface area contributed by atoms with Crippen molar-refractivity contribution in [3.8, 4) is 0 Å². The Morgan fingerprint density at radius 3 is 2.45 bits per heavy atom. The molecule has 44 heavy (non-hydrogen) atoms. The van der Waals surface area contributed by atoms with Gasteiger partial charge in [-0.2, -0.15) is 0 Å². The lowest BCUT2D eigenvalue weighted by Gasteiger charge is -2.41. The number of benzene rings is 3. The van der Waals surface area contributed by atoms with Gasteiger partial charge in [-0.3, -0.25) is 9.59 Å². The van der Waals surface area contributed by atoms with Crippen molar-refractivity contribution >= 4 is 23.2 Å². The lowest BCUT2D eigenvalue weighted by atomic mass is 9.83. The van der Waals surface area contributed by atoms with Crippen LogP contribution >= 0.6 is 0 Å². The first-order chi connectivity index (χ1) is 21.1. The van der Waals surface area contributed by atoms with Crippen molar-refractivity contribution in [1.82, 2.24) is 4.90 Å². The van der Waals surface area contributed by atoms with Crippen molar-refractivity contribution in [2.75, 3.05) is 37.5 Å². The van der Waals surface area contributed by atoms with Gasteiger partial charge in [0.05, 0.1) is 30.2 Å². The van der Waals surface area contributed by atoms with E-state index in [0.29, 0.717) is 38.2 Å². The lowest BCUT2D eigenvalue weighted by molar-refractivity contribution is -0.123. The number of hydrogen-bond acceptors (Lipinski definition) is 5. The van der Waals surface area contributed by atoms with Crippen molar-refractivity contribution in [2.24, 2.45) is 5.92 Å². The Kier molecular flexibility index (Phi) is 9.71. The van der Waals surface area contributed by atoms with Gasteiger partial charge in [-0.15, -0.1) is 0 Å². The van der Waals surface area contributed by atoms with Crippen LogP contribution in [0.15, 0.2) is 66.7 Å². The Balaban J connectivity index is 1.46. The molecule has 234 valence electrons. The zero-order valence-electron chi connectivity index (χ0n) is 26.4. The normalized spacial score (nSPS) is 22.4. The number of anilines is 2. The smallest absolute Gasteiger partial charge is 0.257 e. The Hall–Kier alpha value is -3.75. The number of amides is 2. The molecule has 0 spiro atoms. The van der Waals surface area contributed by atoms with E-state index in [9.17, 15) is 9.59 Å². The average Bonchev–Trinajstić information content (AvgIpc) is 3.01. The maximum Gasteiger partial charge on any atom is 0.257 e. The molecule has 5 rings (SSSR count). The van der Waals surface area contributed by atoms with Crippen LogP contribution in [0.25, 0.3) is 0 Å². The van der Waals surface area contributed by atoms with Crippen molar-refractivity contribution < 1.29 is 23.5 Å². The molecule has 4 unspecified atom stereocenters. The highest BCUT2D eigenvalue weighted by Crippen LogP contribution is 2.39. The third-order valence-corrected chi connectivity index (χ3v) is 8.87. The number of piperidine rings is 1. The number of ether oxygens (including phenoxy) is 2. The van der Waals surface area contributed by atoms with Gasteiger partial charge >= 0.3 is 0 Å². The van der Waals surface area contributed by atoms with Crippen molar-refractivity contribution in [3.05, 3.63) is 94.8 Å². The van der Waals surface area contributed by atoms with E-state index >= 15 is 4.39 Å². The maximum atomic E-state index is 15.0. The highest BCUT2D eigenvalue weighted by molar-refractivity contribution is 5.98. The molecule has 2 saturated heterocycles. The molecule has 0 saturated carbocycles. The summed E-state index contributed by atoms with van der Waals surface area (Å²) in [5.74, 6) is -1.63. The van der Waals surface area contributed by atoms with Crippen LogP contribution in [-0.2, 0) is 19.7 Å². The first kappa shape index (κ1) is 31.7. The number of carbonyl (C=O) groups is 2. The quantitative estimate of drug-likeness (QED) is 0.309. The molecule has 2 aliphatic heterocycles. The van der Waals surface area contributed by atoms with Gasteiger partial charge in [-0.05, 0) is 78.6 Å². The van der Waals surface area contributed by atoms with Crippen LogP contribution < -0.4 is 10.6 Å².